The molecule has 3 rings (SSSR count). The Morgan fingerprint density at radius 3 is 2.28 bits per heavy atom. The van der Waals surface area contributed by atoms with Gasteiger partial charge in [-0.15, -0.1) is 0 Å². The van der Waals surface area contributed by atoms with Crippen molar-refractivity contribution in [1.82, 2.24) is 4.90 Å². The molecule has 188 valence electrons. The van der Waals surface area contributed by atoms with E-state index in [-0.39, 0.29) is 17.9 Å². The number of benzene rings is 3. The Bertz CT molecular complexity index is 1280. The first-order chi connectivity index (χ1) is 17.0. The summed E-state index contributed by atoms with van der Waals surface area (Å²) in [5, 5.41) is 9.15. The second-order valence-corrected chi connectivity index (χ2v) is 7.91. The topological polar surface area (TPSA) is 76.1 Å². The molecule has 1 N–H and O–H groups in total. The van der Waals surface area contributed by atoms with Gasteiger partial charge in [0.05, 0.1) is 19.8 Å². The van der Waals surface area contributed by atoms with E-state index in [9.17, 15) is 22.8 Å². The molecule has 0 bridgehead atoms. The molecule has 0 spiro atoms. The van der Waals surface area contributed by atoms with Crippen molar-refractivity contribution < 1.29 is 37.3 Å². The number of carbonyl (C=O) groups is 2. The van der Waals surface area contributed by atoms with Gasteiger partial charge < -0.3 is 19.5 Å². The van der Waals surface area contributed by atoms with Gasteiger partial charge in [0, 0.05) is 24.7 Å². The third kappa shape index (κ3) is 6.24. The van der Waals surface area contributed by atoms with E-state index in [0.717, 1.165) is 41.0 Å². The number of alkyl halides is 3. The van der Waals surface area contributed by atoms with E-state index >= 15 is 0 Å². The number of hydrogen-bond donors (Lipinski definition) is 1. The van der Waals surface area contributed by atoms with Crippen LogP contribution in [0.4, 0.5) is 13.2 Å². The molecule has 9 heteroatoms. The molecule has 0 aliphatic carbocycles. The van der Waals surface area contributed by atoms with E-state index < -0.39 is 23.6 Å². The van der Waals surface area contributed by atoms with E-state index in [1.54, 1.807) is 25.2 Å². The average Bonchev–Trinajstić information content (AvgIpc) is 2.86. The highest BCUT2D eigenvalue weighted by molar-refractivity contribution is 5.94. The van der Waals surface area contributed by atoms with Crippen LogP contribution >= 0.6 is 0 Å². The first-order valence-corrected chi connectivity index (χ1v) is 10.7. The van der Waals surface area contributed by atoms with Crippen molar-refractivity contribution in [3.63, 3.8) is 0 Å². The number of hydrogen-bond acceptors (Lipinski definition) is 4. The third-order valence-corrected chi connectivity index (χ3v) is 5.42. The lowest BCUT2D eigenvalue weighted by Gasteiger charge is -2.19. The maximum absolute atomic E-state index is 12.8. The van der Waals surface area contributed by atoms with Crippen molar-refractivity contribution in [2.24, 2.45) is 0 Å². The van der Waals surface area contributed by atoms with Crippen molar-refractivity contribution >= 4 is 18.0 Å². The highest BCUT2D eigenvalue weighted by atomic mass is 19.4. The summed E-state index contributed by atoms with van der Waals surface area (Å²) in [6.45, 7) is 0.229. The van der Waals surface area contributed by atoms with Crippen LogP contribution in [0.25, 0.3) is 17.2 Å². The summed E-state index contributed by atoms with van der Waals surface area (Å²) in [4.78, 5) is 25.4. The highest BCUT2D eigenvalue weighted by Gasteiger charge is 2.30. The van der Waals surface area contributed by atoms with Crippen LogP contribution in [-0.2, 0) is 22.3 Å². The number of aliphatic carboxylic acids is 1. The molecule has 0 atom stereocenters. The SMILES string of the molecule is CO/C(=C/c1ccc(-c2cccc(CN(C)C(=O)c3ccc(C(F)(F)F)cc3)c2)c(OC)c1)C(=O)O. The minimum Gasteiger partial charge on any atom is -0.496 e. The third-order valence-electron chi connectivity index (χ3n) is 5.42. The lowest BCUT2D eigenvalue weighted by atomic mass is 10.00. The Morgan fingerprint density at radius 1 is 1.00 bits per heavy atom. The number of ether oxygens (including phenoxy) is 2. The van der Waals surface area contributed by atoms with Gasteiger partial charge in [-0.25, -0.2) is 4.79 Å². The van der Waals surface area contributed by atoms with Crippen LogP contribution in [0.3, 0.4) is 0 Å². The lowest BCUT2D eigenvalue weighted by molar-refractivity contribution is -0.138. The molecular formula is C27H24F3NO5. The first kappa shape index (κ1) is 26.3. The summed E-state index contributed by atoms with van der Waals surface area (Å²) in [6.07, 6.45) is -3.08. The van der Waals surface area contributed by atoms with E-state index in [1.807, 2.05) is 24.3 Å². The predicted octanol–water partition coefficient (Wildman–Crippen LogP) is 5.73. The van der Waals surface area contributed by atoms with E-state index in [1.165, 1.54) is 25.2 Å². The molecule has 3 aromatic carbocycles. The fraction of sp³-hybridized carbons (Fsp3) is 0.185. The van der Waals surface area contributed by atoms with Crippen LogP contribution in [-0.4, -0.2) is 43.2 Å². The standard InChI is InChI=1S/C27H24F3NO5/c1-31(25(32)19-8-10-21(11-9-19)27(28,29)30)16-18-5-4-6-20(13-18)22-12-7-17(14-23(22)35-2)15-24(36-3)26(33)34/h4-15H,16H2,1-3H3,(H,33,34)/b24-15+. The number of carboxylic acids is 1. The number of methoxy groups -OCH3 is 2. The highest BCUT2D eigenvalue weighted by Crippen LogP contribution is 2.33. The minimum absolute atomic E-state index is 0.156. The molecule has 0 aliphatic heterocycles. The van der Waals surface area contributed by atoms with Gasteiger partial charge >= 0.3 is 12.1 Å². The van der Waals surface area contributed by atoms with Gasteiger partial charge in [0.15, 0.2) is 0 Å². The maximum atomic E-state index is 12.8. The summed E-state index contributed by atoms with van der Waals surface area (Å²) in [7, 11) is 4.35. The second kappa shape index (κ2) is 11.0. The van der Waals surface area contributed by atoms with Gasteiger partial charge in [-0.05, 0) is 59.2 Å². The van der Waals surface area contributed by atoms with Crippen LogP contribution in [0.15, 0.2) is 72.5 Å². The number of amides is 1. The van der Waals surface area contributed by atoms with Gasteiger partial charge in [0.1, 0.15) is 5.75 Å². The molecule has 0 saturated carbocycles. The second-order valence-electron chi connectivity index (χ2n) is 7.91. The molecule has 1 amide bonds. The van der Waals surface area contributed by atoms with E-state index in [0.29, 0.717) is 11.3 Å². The van der Waals surface area contributed by atoms with Gasteiger partial charge in [0.25, 0.3) is 5.91 Å². The van der Waals surface area contributed by atoms with Crippen molar-refractivity contribution in [1.29, 1.82) is 0 Å². The van der Waals surface area contributed by atoms with E-state index in [4.69, 9.17) is 14.6 Å². The quantitative estimate of drug-likeness (QED) is 0.317. The smallest absolute Gasteiger partial charge is 0.416 e. The zero-order chi connectivity index (χ0) is 26.5. The lowest BCUT2D eigenvalue weighted by Crippen LogP contribution is -2.26. The summed E-state index contributed by atoms with van der Waals surface area (Å²) in [5.41, 5.74) is 2.28. The van der Waals surface area contributed by atoms with Gasteiger partial charge in [-0.1, -0.05) is 30.3 Å². The summed E-state index contributed by atoms with van der Waals surface area (Å²) < 4.78 is 48.7. The molecule has 0 unspecified atom stereocenters. The van der Waals surface area contributed by atoms with Crippen LogP contribution in [0.5, 0.6) is 5.75 Å². The maximum Gasteiger partial charge on any atom is 0.416 e. The number of carboxylic acid groups (broad SMARTS) is 1. The Kier molecular flexibility index (Phi) is 8.03. The fourth-order valence-corrected chi connectivity index (χ4v) is 3.60. The van der Waals surface area contributed by atoms with Crippen molar-refractivity contribution in [2.75, 3.05) is 21.3 Å². The molecule has 0 aromatic heterocycles. The van der Waals surface area contributed by atoms with Gasteiger partial charge in [-0.2, -0.15) is 13.2 Å². The van der Waals surface area contributed by atoms with Crippen molar-refractivity contribution in [3.05, 3.63) is 94.7 Å². The molecule has 3 aromatic rings. The minimum atomic E-state index is -4.47. The zero-order valence-electron chi connectivity index (χ0n) is 19.8. The molecule has 0 aliphatic rings. The summed E-state index contributed by atoms with van der Waals surface area (Å²) in [6, 6.07) is 16.7. The van der Waals surface area contributed by atoms with Crippen LogP contribution in [0.2, 0.25) is 0 Å². The summed E-state index contributed by atoms with van der Waals surface area (Å²) in [5.74, 6) is -1.30. The number of carbonyl (C=O) groups excluding carboxylic acids is 1. The number of rotatable bonds is 8. The van der Waals surface area contributed by atoms with Gasteiger partial charge in [0.2, 0.25) is 5.76 Å². The Morgan fingerprint density at radius 2 is 1.69 bits per heavy atom. The monoisotopic (exact) mass is 499 g/mol. The van der Waals surface area contributed by atoms with E-state index in [2.05, 4.69) is 0 Å². The molecular weight excluding hydrogens is 475 g/mol. The van der Waals surface area contributed by atoms with Crippen molar-refractivity contribution in [3.8, 4) is 16.9 Å². The van der Waals surface area contributed by atoms with Crippen LogP contribution in [0, 0.1) is 0 Å². The summed E-state index contributed by atoms with van der Waals surface area (Å²) >= 11 is 0. The Labute approximate surface area is 206 Å². The Hall–Kier alpha value is -4.27. The number of nitrogens with zero attached hydrogens (tertiary/aromatic N) is 1. The average molecular weight is 499 g/mol. The molecule has 0 fully saturated rings. The van der Waals surface area contributed by atoms with Crippen molar-refractivity contribution in [2.45, 2.75) is 12.7 Å². The molecule has 0 heterocycles. The zero-order valence-corrected chi connectivity index (χ0v) is 19.8. The number of halogens is 3. The first-order valence-electron chi connectivity index (χ1n) is 10.7. The predicted molar refractivity (Wildman–Crippen MR) is 128 cm³/mol. The molecule has 6 nitrogen and oxygen atoms in total. The molecule has 0 radical (unpaired) electrons. The normalized spacial score (nSPS) is 11.7. The van der Waals surface area contributed by atoms with Gasteiger partial charge in [-0.3, -0.25) is 4.79 Å². The van der Waals surface area contributed by atoms with Crippen LogP contribution < -0.4 is 4.74 Å². The largest absolute Gasteiger partial charge is 0.496 e. The molecule has 36 heavy (non-hydrogen) atoms. The van der Waals surface area contributed by atoms with Crippen LogP contribution in [0.1, 0.15) is 27.0 Å². The molecule has 0 saturated heterocycles. The Balaban J connectivity index is 1.81. The fourth-order valence-electron chi connectivity index (χ4n) is 3.60.